The number of nitrogens with zero attached hydrogens (tertiary/aromatic N) is 4. The smallest absolute Gasteiger partial charge is 0.459 e. The Bertz CT molecular complexity index is 1400. The zero-order chi connectivity index (χ0) is 29.2. The van der Waals surface area contributed by atoms with Gasteiger partial charge in [0.05, 0.1) is 19.0 Å². The van der Waals surface area contributed by atoms with E-state index in [1.807, 2.05) is 0 Å². The molecule has 2 aromatic heterocycles. The molecule has 14 nitrogen and oxygen atoms in total. The lowest BCUT2D eigenvalue weighted by Crippen LogP contribution is -2.40. The van der Waals surface area contributed by atoms with Gasteiger partial charge in [-0.3, -0.25) is 13.9 Å². The molecule has 3 aromatic rings. The molecule has 218 valence electrons. The molecule has 0 unspecified atom stereocenters. The first-order valence-corrected chi connectivity index (χ1v) is 14.1. The van der Waals surface area contributed by atoms with Gasteiger partial charge in [0.15, 0.2) is 23.2 Å². The number of anilines is 2. The van der Waals surface area contributed by atoms with Gasteiger partial charge >= 0.3 is 13.7 Å². The number of hydrogen-bond donors (Lipinski definition) is 4. The second-order valence-corrected chi connectivity index (χ2v) is 11.5. The fraction of sp³-hybridized carbons (Fsp3) is 0.478. The van der Waals surface area contributed by atoms with Crippen molar-refractivity contribution in [3.63, 3.8) is 0 Å². The van der Waals surface area contributed by atoms with Gasteiger partial charge in [0.1, 0.15) is 24.0 Å². The largest absolute Gasteiger partial charge is 0.462 e. The molecule has 1 saturated heterocycles. The summed E-state index contributed by atoms with van der Waals surface area (Å²) in [6, 6.07) is 6.93. The van der Waals surface area contributed by atoms with Gasteiger partial charge in [-0.15, -0.1) is 0 Å². The van der Waals surface area contributed by atoms with Gasteiger partial charge in [-0.25, -0.2) is 13.9 Å². The van der Waals surface area contributed by atoms with Crippen molar-refractivity contribution in [1.82, 2.24) is 24.6 Å². The zero-order valence-electron chi connectivity index (χ0n) is 22.0. The molecule has 0 saturated carbocycles. The summed E-state index contributed by atoms with van der Waals surface area (Å²) in [7, 11) is -2.73. The number of carbonyl (C=O) groups is 1. The number of nitrogens with one attached hydrogen (secondary N) is 2. The van der Waals surface area contributed by atoms with Crippen molar-refractivity contribution in [3.05, 3.63) is 36.7 Å². The minimum Gasteiger partial charge on any atom is -0.462 e. The highest BCUT2D eigenvalue weighted by atomic mass is 35.5. The summed E-state index contributed by atoms with van der Waals surface area (Å²) in [5, 5.41) is 13.2. The van der Waals surface area contributed by atoms with Crippen LogP contribution in [0.15, 0.2) is 36.7 Å². The van der Waals surface area contributed by atoms with Gasteiger partial charge in [-0.05, 0) is 32.9 Å². The SMILES string of the molecule is CNc1nc(N)nc2c1ncn2[C@H]1O[C@H](CO[P@@](=O)(N[C@@H](C)C(=O)OC(C)C)Oc2ccccc2)[C@@H](O)[C@@]1(F)Cl. The summed E-state index contributed by atoms with van der Waals surface area (Å²) >= 11 is 6.12. The van der Waals surface area contributed by atoms with Crippen molar-refractivity contribution in [2.24, 2.45) is 0 Å². The summed E-state index contributed by atoms with van der Waals surface area (Å²) in [6.45, 7) is 4.09. The van der Waals surface area contributed by atoms with E-state index >= 15 is 4.39 Å². The van der Waals surface area contributed by atoms with Crippen LogP contribution < -0.4 is 20.7 Å². The molecule has 3 heterocycles. The molecule has 0 bridgehead atoms. The first-order valence-electron chi connectivity index (χ1n) is 12.2. The molecule has 6 atom stereocenters. The minimum absolute atomic E-state index is 0.0931. The van der Waals surface area contributed by atoms with Crippen molar-refractivity contribution in [2.45, 2.75) is 56.5 Å². The predicted octanol–water partition coefficient (Wildman–Crippen LogP) is 2.75. The number of alkyl halides is 2. The van der Waals surface area contributed by atoms with E-state index in [-0.39, 0.29) is 28.7 Å². The summed E-state index contributed by atoms with van der Waals surface area (Å²) in [4.78, 5) is 24.7. The van der Waals surface area contributed by atoms with E-state index in [9.17, 15) is 14.5 Å². The fourth-order valence-electron chi connectivity index (χ4n) is 3.89. The Kier molecular flexibility index (Phi) is 8.83. The van der Waals surface area contributed by atoms with Gasteiger partial charge in [-0.2, -0.15) is 15.1 Å². The number of carbonyl (C=O) groups excluding carboxylic acids is 1. The number of nitrogens with two attached hydrogens (primary N) is 1. The van der Waals surface area contributed by atoms with Crippen LogP contribution in [0.4, 0.5) is 16.2 Å². The number of halogens is 2. The molecule has 5 N–H and O–H groups in total. The van der Waals surface area contributed by atoms with Crippen LogP contribution in [0.5, 0.6) is 5.75 Å². The highest BCUT2D eigenvalue weighted by Gasteiger charge is 2.58. The third-order valence-electron chi connectivity index (χ3n) is 5.74. The summed E-state index contributed by atoms with van der Waals surface area (Å²) < 4.78 is 52.6. The van der Waals surface area contributed by atoms with Gasteiger partial charge in [0, 0.05) is 7.05 Å². The van der Waals surface area contributed by atoms with E-state index in [0.717, 1.165) is 4.57 Å². The number of fused-ring (bicyclic) bond motifs is 1. The van der Waals surface area contributed by atoms with Crippen molar-refractivity contribution in [1.29, 1.82) is 0 Å². The van der Waals surface area contributed by atoms with Crippen LogP contribution in [0.1, 0.15) is 27.0 Å². The monoisotopic (exact) mass is 601 g/mol. The van der Waals surface area contributed by atoms with Crippen LogP contribution in [0.2, 0.25) is 0 Å². The number of aliphatic hydroxyl groups excluding tert-OH is 1. The van der Waals surface area contributed by atoms with Gasteiger partial charge in [0.2, 0.25) is 5.95 Å². The molecule has 0 aliphatic carbocycles. The molecule has 1 aromatic carbocycles. The number of nitrogen functional groups attached to an aromatic ring is 1. The van der Waals surface area contributed by atoms with E-state index in [1.54, 1.807) is 39.1 Å². The Labute approximate surface area is 233 Å². The number of rotatable bonds is 11. The average Bonchev–Trinajstić information content (AvgIpc) is 3.40. The maximum absolute atomic E-state index is 15.7. The van der Waals surface area contributed by atoms with Crippen molar-refractivity contribution in [3.8, 4) is 5.75 Å². The van der Waals surface area contributed by atoms with E-state index < -0.39 is 56.0 Å². The molecular weight excluding hydrogens is 572 g/mol. The maximum atomic E-state index is 15.7. The predicted molar refractivity (Wildman–Crippen MR) is 143 cm³/mol. The number of para-hydroxylation sites is 1. The Morgan fingerprint density at radius 1 is 1.32 bits per heavy atom. The quantitative estimate of drug-likeness (QED) is 0.143. The lowest BCUT2D eigenvalue weighted by Gasteiger charge is -2.25. The molecule has 1 aliphatic rings. The molecule has 40 heavy (non-hydrogen) atoms. The number of aliphatic hydroxyl groups is 1. The number of aromatic nitrogens is 4. The van der Waals surface area contributed by atoms with E-state index in [0.29, 0.717) is 0 Å². The molecular formula is C23H30ClFN7O7P. The van der Waals surface area contributed by atoms with Crippen LogP contribution in [0, 0.1) is 0 Å². The van der Waals surface area contributed by atoms with Gasteiger partial charge in [0.25, 0.3) is 5.13 Å². The topological polar surface area (TPSA) is 185 Å². The van der Waals surface area contributed by atoms with Crippen LogP contribution in [-0.4, -0.2) is 73.7 Å². The lowest BCUT2D eigenvalue weighted by atomic mass is 10.1. The van der Waals surface area contributed by atoms with Crippen LogP contribution in [-0.2, 0) is 23.4 Å². The molecule has 1 aliphatic heterocycles. The fourth-order valence-corrected chi connectivity index (χ4v) is 5.69. The molecule has 0 amide bonds. The zero-order valence-corrected chi connectivity index (χ0v) is 23.7. The number of hydrogen-bond acceptors (Lipinski definition) is 12. The van der Waals surface area contributed by atoms with E-state index in [4.69, 9.17) is 35.9 Å². The third-order valence-corrected chi connectivity index (χ3v) is 7.80. The molecule has 4 rings (SSSR count). The second-order valence-electron chi connectivity index (χ2n) is 9.18. The molecule has 0 spiro atoms. The number of imidazole rings is 1. The minimum atomic E-state index is -4.32. The number of benzene rings is 1. The highest BCUT2D eigenvalue weighted by Crippen LogP contribution is 2.49. The van der Waals surface area contributed by atoms with Crippen LogP contribution in [0.25, 0.3) is 11.2 Å². The highest BCUT2D eigenvalue weighted by molar-refractivity contribution is 7.52. The molecule has 1 fully saturated rings. The summed E-state index contributed by atoms with van der Waals surface area (Å²) in [5.74, 6) is -0.376. The van der Waals surface area contributed by atoms with Crippen LogP contribution in [0.3, 0.4) is 0 Å². The molecule has 0 radical (unpaired) electrons. The lowest BCUT2D eigenvalue weighted by molar-refractivity contribution is -0.149. The second kappa shape index (κ2) is 11.8. The number of ether oxygens (including phenoxy) is 2. The average molecular weight is 602 g/mol. The van der Waals surface area contributed by atoms with Crippen molar-refractivity contribution < 1.29 is 37.4 Å². The third kappa shape index (κ3) is 6.29. The van der Waals surface area contributed by atoms with Crippen LogP contribution >= 0.6 is 19.3 Å². The summed E-state index contributed by atoms with van der Waals surface area (Å²) in [5.41, 5.74) is 6.12. The first-order chi connectivity index (χ1) is 18.8. The van der Waals surface area contributed by atoms with Crippen molar-refractivity contribution >= 4 is 48.2 Å². The number of esters is 1. The van der Waals surface area contributed by atoms with E-state index in [2.05, 4.69) is 25.4 Å². The maximum Gasteiger partial charge on any atom is 0.459 e. The van der Waals surface area contributed by atoms with Gasteiger partial charge < -0.3 is 30.2 Å². The Morgan fingerprint density at radius 3 is 2.67 bits per heavy atom. The Hall–Kier alpha value is -3.07. The Morgan fingerprint density at radius 2 is 2.02 bits per heavy atom. The molecule has 17 heteroatoms. The Balaban J connectivity index is 1.56. The normalized spacial score (nSPS) is 25.1. The standard InChI is InChI=1S/C23H30ClFN7O7P/c1-12(2)37-20(34)13(3)31-40(35,39-14-8-6-5-7-9-14)36-10-15-17(33)23(24,25)21(38-15)32-11-28-16-18(27-4)29-22(26)30-19(16)32/h5-9,11-13,15,17,21,33H,10H2,1-4H3,(H,31,35)(H3,26,27,29,30)/t13-,15+,17+,21-,23-,40-/m0/s1. The first kappa shape index (κ1) is 29.9. The van der Waals surface area contributed by atoms with Crippen molar-refractivity contribution in [2.75, 3.05) is 24.7 Å². The van der Waals surface area contributed by atoms with E-state index in [1.165, 1.54) is 25.4 Å². The van der Waals surface area contributed by atoms with Gasteiger partial charge in [-0.1, -0.05) is 29.8 Å². The summed E-state index contributed by atoms with van der Waals surface area (Å²) in [6.07, 6.45) is -4.22.